The predicted molar refractivity (Wildman–Crippen MR) is 176 cm³/mol. The summed E-state index contributed by atoms with van der Waals surface area (Å²) in [5, 5.41) is 3.22. The van der Waals surface area contributed by atoms with Crippen molar-refractivity contribution >= 4 is 50.7 Å². The van der Waals surface area contributed by atoms with E-state index in [2.05, 4.69) is 5.32 Å². The van der Waals surface area contributed by atoms with Crippen molar-refractivity contribution in [2.75, 3.05) is 32.1 Å². The summed E-state index contributed by atoms with van der Waals surface area (Å²) in [6.45, 7) is -0.859. The zero-order chi connectivity index (χ0) is 32.6. The van der Waals surface area contributed by atoms with E-state index >= 15 is 0 Å². The predicted octanol–water partition coefficient (Wildman–Crippen LogP) is 5.59. The van der Waals surface area contributed by atoms with Gasteiger partial charge in [-0.15, -0.1) is 0 Å². The number of carbonyl (C=O) groups excluding carboxylic acids is 2. The summed E-state index contributed by atoms with van der Waals surface area (Å²) in [6.07, 6.45) is 0.141. The van der Waals surface area contributed by atoms with Gasteiger partial charge in [-0.25, -0.2) is 8.42 Å². The number of amides is 2. The molecule has 1 N–H and O–H groups in total. The van der Waals surface area contributed by atoms with E-state index in [-0.39, 0.29) is 29.3 Å². The van der Waals surface area contributed by atoms with E-state index in [0.717, 1.165) is 9.87 Å². The molecule has 4 aromatic carbocycles. The maximum Gasteiger partial charge on any atom is 0.264 e. The van der Waals surface area contributed by atoms with E-state index in [1.54, 1.807) is 48.5 Å². The Balaban J connectivity index is 1.88. The van der Waals surface area contributed by atoms with E-state index in [9.17, 15) is 18.0 Å². The number of hydrogen-bond acceptors (Lipinski definition) is 6. The second-order valence-electron chi connectivity index (χ2n) is 9.90. The number of nitrogens with one attached hydrogen (secondary N) is 1. The van der Waals surface area contributed by atoms with Gasteiger partial charge in [-0.2, -0.15) is 0 Å². The number of halogens is 2. The van der Waals surface area contributed by atoms with Gasteiger partial charge in [-0.1, -0.05) is 77.8 Å². The molecule has 0 bridgehead atoms. The number of benzene rings is 4. The van der Waals surface area contributed by atoms with Crippen LogP contribution in [0.15, 0.2) is 102 Å². The van der Waals surface area contributed by atoms with Gasteiger partial charge in [-0.3, -0.25) is 13.9 Å². The monoisotopic (exact) mass is 669 g/mol. The molecule has 12 heteroatoms. The van der Waals surface area contributed by atoms with E-state index in [4.69, 9.17) is 32.7 Å². The van der Waals surface area contributed by atoms with Gasteiger partial charge in [0, 0.05) is 41.7 Å². The van der Waals surface area contributed by atoms with Crippen LogP contribution in [0.3, 0.4) is 0 Å². The summed E-state index contributed by atoms with van der Waals surface area (Å²) in [4.78, 5) is 29.2. The van der Waals surface area contributed by atoms with Gasteiger partial charge >= 0.3 is 0 Å². The highest BCUT2D eigenvalue weighted by Crippen LogP contribution is 2.36. The maximum absolute atomic E-state index is 14.5. The van der Waals surface area contributed by atoms with Crippen LogP contribution in [-0.4, -0.2) is 59.0 Å². The molecule has 45 heavy (non-hydrogen) atoms. The SMILES string of the molecule is CNC(=O)[C@@H](Cc1ccccc1)N(Cc1c(Cl)cccc1Cl)C(=O)CN(c1cc(OC)ccc1OC)S(=O)(=O)c1ccccc1. The molecule has 0 heterocycles. The highest BCUT2D eigenvalue weighted by Gasteiger charge is 2.36. The normalized spacial score (nSPS) is 11.8. The van der Waals surface area contributed by atoms with Gasteiger partial charge in [0.15, 0.2) is 0 Å². The molecule has 0 aliphatic carbocycles. The Morgan fingerprint density at radius 2 is 1.47 bits per heavy atom. The first-order chi connectivity index (χ1) is 21.6. The summed E-state index contributed by atoms with van der Waals surface area (Å²) < 4.78 is 40.3. The van der Waals surface area contributed by atoms with Crippen molar-refractivity contribution in [3.8, 4) is 11.5 Å². The first-order valence-corrected chi connectivity index (χ1v) is 16.1. The average Bonchev–Trinajstić information content (AvgIpc) is 3.06. The molecule has 2 amide bonds. The van der Waals surface area contributed by atoms with Gasteiger partial charge in [-0.05, 0) is 42.0 Å². The van der Waals surface area contributed by atoms with Crippen LogP contribution in [0.4, 0.5) is 5.69 Å². The van der Waals surface area contributed by atoms with Crippen LogP contribution in [-0.2, 0) is 32.6 Å². The Hall–Kier alpha value is -4.25. The molecule has 0 fully saturated rings. The molecule has 4 rings (SSSR count). The van der Waals surface area contributed by atoms with Crippen molar-refractivity contribution in [1.82, 2.24) is 10.2 Å². The molecule has 0 aliphatic rings. The quantitative estimate of drug-likeness (QED) is 0.199. The minimum absolute atomic E-state index is 0.0458. The summed E-state index contributed by atoms with van der Waals surface area (Å²) >= 11 is 13.0. The zero-order valence-corrected chi connectivity index (χ0v) is 27.3. The molecule has 0 spiro atoms. The van der Waals surface area contributed by atoms with Crippen LogP contribution >= 0.6 is 23.2 Å². The second kappa shape index (κ2) is 15.2. The number of rotatable bonds is 13. The van der Waals surface area contributed by atoms with Crippen LogP contribution in [0.1, 0.15) is 11.1 Å². The molecule has 0 aromatic heterocycles. The molecule has 1 atom stereocenters. The highest BCUT2D eigenvalue weighted by atomic mass is 35.5. The lowest BCUT2D eigenvalue weighted by Gasteiger charge is -2.34. The Morgan fingerprint density at radius 3 is 2.04 bits per heavy atom. The summed E-state index contributed by atoms with van der Waals surface area (Å²) in [7, 11) is -0.0310. The molecule has 0 saturated carbocycles. The van der Waals surface area contributed by atoms with E-state index in [1.807, 2.05) is 30.3 Å². The standard InChI is InChI=1S/C33H33Cl2N3O6S/c1-36-33(40)30(19-23-11-6-4-7-12-23)37(21-26-27(34)15-10-16-28(26)35)32(39)22-38(45(41,42)25-13-8-5-9-14-25)29-20-24(43-2)17-18-31(29)44-3/h4-18,20,30H,19,21-22H2,1-3H3,(H,36,40)/t30-/m1/s1. The van der Waals surface area contributed by atoms with Gasteiger partial charge in [0.25, 0.3) is 10.0 Å². The fourth-order valence-corrected chi connectivity index (χ4v) is 6.75. The van der Waals surface area contributed by atoms with E-state index < -0.39 is 34.4 Å². The fraction of sp³-hybridized carbons (Fsp3) is 0.212. The van der Waals surface area contributed by atoms with Crippen LogP contribution < -0.4 is 19.1 Å². The van der Waals surface area contributed by atoms with Gasteiger partial charge in [0.2, 0.25) is 11.8 Å². The molecule has 0 aliphatic heterocycles. The Morgan fingerprint density at radius 1 is 0.844 bits per heavy atom. The number of ether oxygens (including phenoxy) is 2. The lowest BCUT2D eigenvalue weighted by Crippen LogP contribution is -2.53. The first-order valence-electron chi connectivity index (χ1n) is 13.9. The maximum atomic E-state index is 14.5. The summed E-state index contributed by atoms with van der Waals surface area (Å²) in [6, 6.07) is 25.4. The lowest BCUT2D eigenvalue weighted by atomic mass is 10.0. The molecule has 0 radical (unpaired) electrons. The summed E-state index contributed by atoms with van der Waals surface area (Å²) in [5.74, 6) is -0.596. The molecule has 4 aromatic rings. The van der Waals surface area contributed by atoms with Crippen LogP contribution in [0.5, 0.6) is 11.5 Å². The van der Waals surface area contributed by atoms with Crippen LogP contribution in [0.2, 0.25) is 10.0 Å². The third-order valence-corrected chi connectivity index (χ3v) is 9.65. The molecule has 9 nitrogen and oxygen atoms in total. The van der Waals surface area contributed by atoms with Crippen molar-refractivity contribution in [2.24, 2.45) is 0 Å². The van der Waals surface area contributed by atoms with Crippen molar-refractivity contribution in [3.63, 3.8) is 0 Å². The topological polar surface area (TPSA) is 105 Å². The van der Waals surface area contributed by atoms with Crippen LogP contribution in [0, 0.1) is 0 Å². The zero-order valence-electron chi connectivity index (χ0n) is 24.9. The number of sulfonamides is 1. The Bertz CT molecular complexity index is 1720. The molecule has 0 saturated heterocycles. The third kappa shape index (κ3) is 7.89. The molecular weight excluding hydrogens is 637 g/mol. The number of likely N-dealkylation sites (N-methyl/N-ethyl adjacent to an activating group) is 1. The Kier molecular flexibility index (Phi) is 11.3. The van der Waals surface area contributed by atoms with Gasteiger partial charge < -0.3 is 19.7 Å². The van der Waals surface area contributed by atoms with Crippen molar-refractivity contribution in [2.45, 2.75) is 23.9 Å². The van der Waals surface area contributed by atoms with E-state index in [1.165, 1.54) is 44.4 Å². The van der Waals surface area contributed by atoms with Crippen LogP contribution in [0.25, 0.3) is 0 Å². The molecular formula is C33H33Cl2N3O6S. The lowest BCUT2D eigenvalue weighted by molar-refractivity contribution is -0.139. The number of nitrogens with zero attached hydrogens (tertiary/aromatic N) is 2. The summed E-state index contributed by atoms with van der Waals surface area (Å²) in [5.41, 5.74) is 1.27. The minimum Gasteiger partial charge on any atom is -0.497 e. The minimum atomic E-state index is -4.34. The number of anilines is 1. The fourth-order valence-electron chi connectivity index (χ4n) is 4.80. The van der Waals surface area contributed by atoms with Gasteiger partial charge in [0.05, 0.1) is 24.8 Å². The van der Waals surface area contributed by atoms with E-state index in [0.29, 0.717) is 21.4 Å². The van der Waals surface area contributed by atoms with Gasteiger partial charge in [0.1, 0.15) is 24.1 Å². The van der Waals surface area contributed by atoms with Crippen molar-refractivity contribution in [3.05, 3.63) is 118 Å². The molecule has 236 valence electrons. The average molecular weight is 671 g/mol. The number of methoxy groups -OCH3 is 2. The third-order valence-electron chi connectivity index (χ3n) is 7.17. The number of hydrogen-bond donors (Lipinski definition) is 1. The largest absolute Gasteiger partial charge is 0.497 e. The smallest absolute Gasteiger partial charge is 0.264 e. The van der Waals surface area contributed by atoms with Crippen molar-refractivity contribution in [1.29, 1.82) is 0 Å². The first kappa shape index (κ1) is 33.6. The van der Waals surface area contributed by atoms with Crippen molar-refractivity contribution < 1.29 is 27.5 Å². The Labute approximate surface area is 273 Å². The number of carbonyl (C=O) groups is 2. The highest BCUT2D eigenvalue weighted by molar-refractivity contribution is 7.92. The molecule has 0 unspecified atom stereocenters. The second-order valence-corrected chi connectivity index (χ2v) is 12.6.